The topological polar surface area (TPSA) is 177 Å². The van der Waals surface area contributed by atoms with Crippen LogP contribution in [-0.4, -0.2) is 68.8 Å². The van der Waals surface area contributed by atoms with Crippen LogP contribution in [0.1, 0.15) is 84.1 Å². The molecule has 0 spiro atoms. The standard InChI is InChI=1S/C30H43ClN4O8S/c1-6-17(21-10-9-20(15-22(21)31)43-44(5,41)42)14-25(36)34-24(16-30(2,3)4)28(39)35-23(13-18-11-12-32-27(18)38)26(37)29(40)33-19-7-8-19/h9-10,15,17-19,23-24H,6-8,11-14,16H2,1-5H3,(H,32,38)(H,33,40)(H,34,36)(H,35,39)/t17?,18-,23?,24?/m0/s1. The van der Waals surface area contributed by atoms with Gasteiger partial charge in [-0.15, -0.1) is 0 Å². The second-order valence-electron chi connectivity index (χ2n) is 12.9. The molecule has 0 aromatic heterocycles. The fraction of sp³-hybridized carbons (Fsp3) is 0.633. The van der Waals surface area contributed by atoms with Gasteiger partial charge in [0.15, 0.2) is 0 Å². The highest BCUT2D eigenvalue weighted by Gasteiger charge is 2.37. The number of Topliss-reactive ketones (excluding diaryl/α,β-unsaturated/α-hetero) is 1. The van der Waals surface area contributed by atoms with Crippen LogP contribution < -0.4 is 25.5 Å². The first-order valence-corrected chi connectivity index (χ1v) is 17.1. The number of carbonyl (C=O) groups excluding carboxylic acids is 5. The van der Waals surface area contributed by atoms with E-state index in [4.69, 9.17) is 15.8 Å². The van der Waals surface area contributed by atoms with Crippen molar-refractivity contribution in [2.45, 2.75) is 96.7 Å². The van der Waals surface area contributed by atoms with E-state index < -0.39 is 57.0 Å². The molecule has 0 bridgehead atoms. The summed E-state index contributed by atoms with van der Waals surface area (Å²) in [5.74, 6) is -3.76. The molecule has 2 fully saturated rings. The first kappa shape index (κ1) is 35.3. The van der Waals surface area contributed by atoms with E-state index in [9.17, 15) is 32.4 Å². The van der Waals surface area contributed by atoms with E-state index in [1.807, 2.05) is 27.7 Å². The van der Waals surface area contributed by atoms with Crippen LogP contribution in [0.4, 0.5) is 0 Å². The van der Waals surface area contributed by atoms with Gasteiger partial charge in [-0.1, -0.05) is 45.4 Å². The Morgan fingerprint density at radius 1 is 1.09 bits per heavy atom. The van der Waals surface area contributed by atoms with Gasteiger partial charge in [-0.2, -0.15) is 8.42 Å². The van der Waals surface area contributed by atoms with Crippen LogP contribution in [0.15, 0.2) is 18.2 Å². The highest BCUT2D eigenvalue weighted by atomic mass is 35.5. The number of amides is 4. The van der Waals surface area contributed by atoms with Gasteiger partial charge in [-0.05, 0) is 61.5 Å². The molecule has 1 heterocycles. The molecule has 4 amide bonds. The summed E-state index contributed by atoms with van der Waals surface area (Å²) in [5, 5.41) is 11.1. The summed E-state index contributed by atoms with van der Waals surface area (Å²) in [7, 11) is -3.74. The minimum Gasteiger partial charge on any atom is -0.383 e. The smallest absolute Gasteiger partial charge is 0.306 e. The van der Waals surface area contributed by atoms with Gasteiger partial charge in [0.1, 0.15) is 11.8 Å². The Balaban J connectivity index is 1.75. The molecule has 4 N–H and O–H groups in total. The van der Waals surface area contributed by atoms with E-state index in [0.29, 0.717) is 24.9 Å². The molecule has 1 saturated heterocycles. The van der Waals surface area contributed by atoms with Gasteiger partial charge in [0.05, 0.1) is 12.3 Å². The Morgan fingerprint density at radius 3 is 2.30 bits per heavy atom. The summed E-state index contributed by atoms with van der Waals surface area (Å²) >= 11 is 6.42. The van der Waals surface area contributed by atoms with Gasteiger partial charge in [-0.3, -0.25) is 24.0 Å². The van der Waals surface area contributed by atoms with E-state index in [1.54, 1.807) is 6.07 Å². The Morgan fingerprint density at radius 2 is 1.77 bits per heavy atom. The molecule has 244 valence electrons. The van der Waals surface area contributed by atoms with Crippen LogP contribution in [0, 0.1) is 11.3 Å². The highest BCUT2D eigenvalue weighted by Crippen LogP contribution is 2.33. The summed E-state index contributed by atoms with van der Waals surface area (Å²) in [4.78, 5) is 64.9. The molecule has 3 rings (SSSR count). The van der Waals surface area contributed by atoms with E-state index in [2.05, 4.69) is 21.3 Å². The maximum Gasteiger partial charge on any atom is 0.306 e. The zero-order valence-electron chi connectivity index (χ0n) is 25.8. The molecular weight excluding hydrogens is 612 g/mol. The van der Waals surface area contributed by atoms with Crippen molar-refractivity contribution in [1.29, 1.82) is 0 Å². The lowest BCUT2D eigenvalue weighted by molar-refractivity contribution is -0.141. The first-order chi connectivity index (χ1) is 20.5. The summed E-state index contributed by atoms with van der Waals surface area (Å²) in [6.45, 7) is 8.04. The molecule has 3 unspecified atom stereocenters. The number of carbonyl (C=O) groups is 5. The largest absolute Gasteiger partial charge is 0.383 e. The van der Waals surface area contributed by atoms with Gasteiger partial charge in [0.2, 0.25) is 23.5 Å². The fourth-order valence-corrected chi connectivity index (χ4v) is 5.92. The van der Waals surface area contributed by atoms with E-state index in [-0.39, 0.29) is 47.9 Å². The van der Waals surface area contributed by atoms with Crippen molar-refractivity contribution in [3.05, 3.63) is 28.8 Å². The zero-order chi connectivity index (χ0) is 32.8. The molecule has 1 saturated carbocycles. The van der Waals surface area contributed by atoms with Crippen molar-refractivity contribution < 1.29 is 36.6 Å². The Bertz CT molecular complexity index is 1370. The summed E-state index contributed by atoms with van der Waals surface area (Å²) in [6, 6.07) is 2.11. The summed E-state index contributed by atoms with van der Waals surface area (Å²) < 4.78 is 27.8. The minimum atomic E-state index is -3.74. The van der Waals surface area contributed by atoms with E-state index >= 15 is 0 Å². The van der Waals surface area contributed by atoms with Crippen molar-refractivity contribution >= 4 is 51.1 Å². The Kier molecular flexibility index (Phi) is 11.8. The number of nitrogens with one attached hydrogen (secondary N) is 4. The first-order valence-electron chi connectivity index (χ1n) is 14.9. The molecular formula is C30H43ClN4O8S. The molecule has 12 nitrogen and oxygen atoms in total. The molecule has 1 aromatic carbocycles. The van der Waals surface area contributed by atoms with Crippen molar-refractivity contribution in [1.82, 2.24) is 21.3 Å². The maximum absolute atomic E-state index is 13.6. The molecule has 4 atom stereocenters. The van der Waals surface area contributed by atoms with E-state index in [1.165, 1.54) is 12.1 Å². The molecule has 1 aliphatic carbocycles. The third kappa shape index (κ3) is 11.1. The van der Waals surface area contributed by atoms with Crippen LogP contribution in [0.2, 0.25) is 5.02 Å². The number of rotatable bonds is 15. The summed E-state index contributed by atoms with van der Waals surface area (Å²) in [5.41, 5.74) is 0.219. The van der Waals surface area contributed by atoms with Gasteiger partial charge in [-0.25, -0.2) is 0 Å². The van der Waals surface area contributed by atoms with Gasteiger partial charge < -0.3 is 25.5 Å². The molecule has 44 heavy (non-hydrogen) atoms. The van der Waals surface area contributed by atoms with Crippen molar-refractivity contribution in [3.8, 4) is 5.75 Å². The van der Waals surface area contributed by atoms with Crippen LogP contribution in [0.5, 0.6) is 5.75 Å². The predicted octanol–water partition coefficient (Wildman–Crippen LogP) is 2.34. The number of halogens is 1. The second-order valence-corrected chi connectivity index (χ2v) is 14.8. The Labute approximate surface area is 263 Å². The lowest BCUT2D eigenvalue weighted by Gasteiger charge is -2.29. The highest BCUT2D eigenvalue weighted by molar-refractivity contribution is 7.86. The number of benzene rings is 1. The van der Waals surface area contributed by atoms with Crippen molar-refractivity contribution in [3.63, 3.8) is 0 Å². The SMILES string of the molecule is CCC(CC(=O)NC(CC(C)(C)C)C(=O)NC(C[C@@H]1CCNC1=O)C(=O)C(=O)NC1CC1)c1ccc(OS(C)(=O)=O)cc1Cl. The van der Waals surface area contributed by atoms with Gasteiger partial charge in [0.25, 0.3) is 5.91 Å². The fourth-order valence-electron chi connectivity index (χ4n) is 5.14. The average molecular weight is 655 g/mol. The Hall–Kier alpha value is -3.19. The molecule has 1 aromatic rings. The molecule has 2 aliphatic rings. The average Bonchev–Trinajstić information content (AvgIpc) is 3.63. The molecule has 1 aliphatic heterocycles. The lowest BCUT2D eigenvalue weighted by atomic mass is 9.87. The summed E-state index contributed by atoms with van der Waals surface area (Å²) in [6.07, 6.45) is 3.67. The maximum atomic E-state index is 13.6. The van der Waals surface area contributed by atoms with Crippen molar-refractivity contribution in [2.75, 3.05) is 12.8 Å². The van der Waals surface area contributed by atoms with Crippen LogP contribution in [0.3, 0.4) is 0 Å². The van der Waals surface area contributed by atoms with Crippen molar-refractivity contribution in [2.24, 2.45) is 11.3 Å². The van der Waals surface area contributed by atoms with Crippen LogP contribution in [-0.2, 0) is 34.1 Å². The lowest BCUT2D eigenvalue weighted by Crippen LogP contribution is -2.55. The minimum absolute atomic E-state index is 0.0230. The third-order valence-electron chi connectivity index (χ3n) is 7.50. The normalized spacial score (nSPS) is 18.9. The molecule has 14 heteroatoms. The van der Waals surface area contributed by atoms with Crippen LogP contribution >= 0.6 is 11.6 Å². The second kappa shape index (κ2) is 14.7. The number of hydrogen-bond acceptors (Lipinski definition) is 8. The predicted molar refractivity (Wildman–Crippen MR) is 164 cm³/mol. The third-order valence-corrected chi connectivity index (χ3v) is 8.33. The number of ketones is 1. The molecule has 0 radical (unpaired) electrons. The monoisotopic (exact) mass is 654 g/mol. The van der Waals surface area contributed by atoms with E-state index in [0.717, 1.165) is 19.1 Å². The zero-order valence-corrected chi connectivity index (χ0v) is 27.4. The van der Waals surface area contributed by atoms with Gasteiger partial charge >= 0.3 is 10.1 Å². The van der Waals surface area contributed by atoms with Crippen LogP contribution in [0.25, 0.3) is 0 Å². The van der Waals surface area contributed by atoms with Gasteiger partial charge in [0, 0.05) is 36.0 Å². The quantitative estimate of drug-likeness (QED) is 0.164. The number of hydrogen-bond donors (Lipinski definition) is 4.